The van der Waals surface area contributed by atoms with Crippen molar-refractivity contribution in [2.45, 2.75) is 64.6 Å². The Morgan fingerprint density at radius 1 is 1.27 bits per heavy atom. The molecule has 1 aliphatic heterocycles. The first-order valence-electron chi connectivity index (χ1n) is 8.63. The van der Waals surface area contributed by atoms with Crippen molar-refractivity contribution in [2.24, 2.45) is 16.3 Å². The van der Waals surface area contributed by atoms with Gasteiger partial charge in [0.15, 0.2) is 5.96 Å². The summed E-state index contributed by atoms with van der Waals surface area (Å²) < 4.78 is 6.02. The van der Waals surface area contributed by atoms with Crippen LogP contribution in [-0.2, 0) is 4.74 Å². The standard InChI is InChI=1S/C17H33N3O2/c1-16(2,3)14-13(7-5-10-22-14)11-19-15(18-4)20-12-17(21)8-6-9-17/h13-14,21H,5-12H2,1-4H3,(H2,18,19,20). The molecule has 1 saturated carbocycles. The van der Waals surface area contributed by atoms with Gasteiger partial charge in [0.25, 0.3) is 0 Å². The van der Waals surface area contributed by atoms with E-state index in [9.17, 15) is 5.11 Å². The van der Waals surface area contributed by atoms with Crippen LogP contribution in [0.1, 0.15) is 52.9 Å². The number of hydrogen-bond donors (Lipinski definition) is 3. The van der Waals surface area contributed by atoms with E-state index in [1.807, 2.05) is 0 Å². The third kappa shape index (κ3) is 4.59. The molecule has 0 spiro atoms. The second kappa shape index (κ2) is 7.18. The largest absolute Gasteiger partial charge is 0.388 e. The van der Waals surface area contributed by atoms with Crippen LogP contribution < -0.4 is 10.6 Å². The minimum atomic E-state index is -0.528. The monoisotopic (exact) mass is 311 g/mol. The van der Waals surface area contributed by atoms with E-state index in [1.54, 1.807) is 7.05 Å². The molecule has 2 unspecified atom stereocenters. The van der Waals surface area contributed by atoms with E-state index in [0.29, 0.717) is 12.5 Å². The summed E-state index contributed by atoms with van der Waals surface area (Å²) >= 11 is 0. The Morgan fingerprint density at radius 3 is 2.55 bits per heavy atom. The molecule has 2 aliphatic rings. The van der Waals surface area contributed by atoms with Gasteiger partial charge >= 0.3 is 0 Å². The van der Waals surface area contributed by atoms with Crippen LogP contribution in [-0.4, -0.2) is 49.5 Å². The van der Waals surface area contributed by atoms with Gasteiger partial charge in [-0.2, -0.15) is 0 Å². The van der Waals surface area contributed by atoms with Crippen LogP contribution in [0.5, 0.6) is 0 Å². The van der Waals surface area contributed by atoms with Crippen LogP contribution in [0.2, 0.25) is 0 Å². The molecular formula is C17H33N3O2. The maximum absolute atomic E-state index is 10.2. The Kier molecular flexibility index (Phi) is 5.72. The van der Waals surface area contributed by atoms with Gasteiger partial charge < -0.3 is 20.5 Å². The second-order valence-corrected chi connectivity index (χ2v) is 7.94. The molecule has 0 radical (unpaired) electrons. The smallest absolute Gasteiger partial charge is 0.191 e. The molecule has 0 aromatic rings. The molecule has 0 amide bonds. The average molecular weight is 311 g/mol. The summed E-state index contributed by atoms with van der Waals surface area (Å²) in [6.07, 6.45) is 5.50. The minimum absolute atomic E-state index is 0.158. The molecular weight excluding hydrogens is 278 g/mol. The van der Waals surface area contributed by atoms with Crippen molar-refractivity contribution in [3.8, 4) is 0 Å². The topological polar surface area (TPSA) is 65.9 Å². The summed E-state index contributed by atoms with van der Waals surface area (Å²) in [5.41, 5.74) is -0.371. The Hall–Kier alpha value is -0.810. The van der Waals surface area contributed by atoms with Gasteiger partial charge in [0.1, 0.15) is 0 Å². The lowest BCUT2D eigenvalue weighted by Crippen LogP contribution is -2.52. The summed E-state index contributed by atoms with van der Waals surface area (Å²) in [7, 11) is 1.78. The molecule has 22 heavy (non-hydrogen) atoms. The molecule has 3 N–H and O–H groups in total. The second-order valence-electron chi connectivity index (χ2n) is 7.94. The van der Waals surface area contributed by atoms with Crippen molar-refractivity contribution in [3.63, 3.8) is 0 Å². The molecule has 1 saturated heterocycles. The summed E-state index contributed by atoms with van der Waals surface area (Å²) in [5.74, 6) is 1.28. The number of nitrogens with zero attached hydrogens (tertiary/aromatic N) is 1. The number of nitrogens with one attached hydrogen (secondary N) is 2. The molecule has 0 aromatic heterocycles. The fourth-order valence-corrected chi connectivity index (χ4v) is 3.47. The summed E-state index contributed by atoms with van der Waals surface area (Å²) in [6, 6.07) is 0. The predicted octanol–water partition coefficient (Wildman–Crippen LogP) is 1.91. The highest BCUT2D eigenvalue weighted by Crippen LogP contribution is 2.33. The molecule has 5 nitrogen and oxygen atoms in total. The van der Waals surface area contributed by atoms with Crippen LogP contribution in [0.3, 0.4) is 0 Å². The molecule has 2 fully saturated rings. The Bertz CT molecular complexity index is 386. The summed E-state index contributed by atoms with van der Waals surface area (Å²) in [6.45, 7) is 9.05. The van der Waals surface area contributed by atoms with Crippen LogP contribution in [0.4, 0.5) is 0 Å². The minimum Gasteiger partial charge on any atom is -0.388 e. The van der Waals surface area contributed by atoms with Crippen LogP contribution >= 0.6 is 0 Å². The zero-order valence-corrected chi connectivity index (χ0v) is 14.6. The Balaban J connectivity index is 1.81. The number of aliphatic hydroxyl groups is 1. The zero-order chi connectivity index (χ0) is 16.2. The van der Waals surface area contributed by atoms with Gasteiger partial charge in [-0.3, -0.25) is 4.99 Å². The quantitative estimate of drug-likeness (QED) is 0.548. The third-order valence-electron chi connectivity index (χ3n) is 4.92. The van der Waals surface area contributed by atoms with Gasteiger partial charge in [-0.1, -0.05) is 20.8 Å². The number of guanidine groups is 1. The highest BCUT2D eigenvalue weighted by atomic mass is 16.5. The first-order valence-corrected chi connectivity index (χ1v) is 8.63. The lowest BCUT2D eigenvalue weighted by atomic mass is 9.78. The van der Waals surface area contributed by atoms with E-state index < -0.39 is 5.60 Å². The van der Waals surface area contributed by atoms with Gasteiger partial charge in [-0.25, -0.2) is 0 Å². The van der Waals surface area contributed by atoms with Crippen molar-refractivity contribution < 1.29 is 9.84 Å². The van der Waals surface area contributed by atoms with E-state index in [4.69, 9.17) is 4.74 Å². The van der Waals surface area contributed by atoms with Crippen molar-refractivity contribution >= 4 is 5.96 Å². The predicted molar refractivity (Wildman–Crippen MR) is 90.1 cm³/mol. The van der Waals surface area contributed by atoms with Crippen molar-refractivity contribution in [1.29, 1.82) is 0 Å². The van der Waals surface area contributed by atoms with Crippen molar-refractivity contribution in [1.82, 2.24) is 10.6 Å². The fraction of sp³-hybridized carbons (Fsp3) is 0.941. The molecule has 0 aromatic carbocycles. The van der Waals surface area contributed by atoms with E-state index in [0.717, 1.165) is 44.8 Å². The Labute approximate surface area is 134 Å². The van der Waals surface area contributed by atoms with E-state index in [2.05, 4.69) is 36.4 Å². The maximum Gasteiger partial charge on any atom is 0.191 e. The first-order chi connectivity index (χ1) is 10.3. The molecule has 5 heteroatoms. The maximum atomic E-state index is 10.2. The molecule has 128 valence electrons. The fourth-order valence-electron chi connectivity index (χ4n) is 3.47. The van der Waals surface area contributed by atoms with Gasteiger partial charge in [-0.15, -0.1) is 0 Å². The van der Waals surface area contributed by atoms with Gasteiger partial charge in [-0.05, 0) is 37.5 Å². The van der Waals surface area contributed by atoms with E-state index >= 15 is 0 Å². The van der Waals surface area contributed by atoms with Crippen molar-refractivity contribution in [3.05, 3.63) is 0 Å². The van der Waals surface area contributed by atoms with Crippen molar-refractivity contribution in [2.75, 3.05) is 26.7 Å². The highest BCUT2D eigenvalue weighted by Gasteiger charge is 2.36. The summed E-state index contributed by atoms with van der Waals surface area (Å²) in [5, 5.41) is 16.8. The van der Waals surface area contributed by atoms with Crippen LogP contribution in [0.15, 0.2) is 4.99 Å². The molecule has 2 rings (SSSR count). The molecule has 2 atom stereocenters. The third-order valence-corrected chi connectivity index (χ3v) is 4.92. The number of ether oxygens (including phenoxy) is 1. The highest BCUT2D eigenvalue weighted by molar-refractivity contribution is 5.79. The zero-order valence-electron chi connectivity index (χ0n) is 14.6. The van der Waals surface area contributed by atoms with Crippen LogP contribution in [0, 0.1) is 11.3 Å². The van der Waals surface area contributed by atoms with Crippen LogP contribution in [0.25, 0.3) is 0 Å². The molecule has 1 aliphatic carbocycles. The van der Waals surface area contributed by atoms with E-state index in [1.165, 1.54) is 6.42 Å². The normalized spacial score (nSPS) is 28.9. The lowest BCUT2D eigenvalue weighted by Gasteiger charge is -2.40. The average Bonchev–Trinajstić information content (AvgIpc) is 2.45. The number of hydrogen-bond acceptors (Lipinski definition) is 3. The lowest BCUT2D eigenvalue weighted by molar-refractivity contribution is -0.0836. The molecule has 0 bridgehead atoms. The van der Waals surface area contributed by atoms with Gasteiger partial charge in [0.05, 0.1) is 11.7 Å². The van der Waals surface area contributed by atoms with Gasteiger partial charge in [0, 0.05) is 32.7 Å². The SMILES string of the molecule is CN=C(NCC1CCCOC1C(C)(C)C)NCC1(O)CCC1. The number of aliphatic imine (C=N–C) groups is 1. The first kappa shape index (κ1) is 17.5. The molecule has 1 heterocycles. The van der Waals surface area contributed by atoms with E-state index in [-0.39, 0.29) is 11.5 Å². The Morgan fingerprint density at radius 2 is 2.00 bits per heavy atom. The number of rotatable bonds is 4. The summed E-state index contributed by atoms with van der Waals surface area (Å²) in [4.78, 5) is 4.26. The van der Waals surface area contributed by atoms with Gasteiger partial charge in [0.2, 0.25) is 0 Å².